The summed E-state index contributed by atoms with van der Waals surface area (Å²) in [6, 6.07) is 3.00. The van der Waals surface area contributed by atoms with Crippen molar-refractivity contribution in [2.45, 2.75) is 9.79 Å². The smallest absolute Gasteiger partial charge is 0.255 e. The average Bonchev–Trinajstić information content (AvgIpc) is 2.01. The molecule has 0 fully saturated rings. The van der Waals surface area contributed by atoms with Crippen LogP contribution < -0.4 is 0 Å². The van der Waals surface area contributed by atoms with E-state index < -0.39 is 25.7 Å². The maximum atomic E-state index is 13.1. The standard InChI is InChI=1S/C7H6ClFO3S2/c1-13(10)7-3-2-5(4-6(7)9)14(8,11)12/h2-4H,1H3. The first-order chi connectivity index (χ1) is 6.32. The molecule has 0 saturated heterocycles. The van der Waals surface area contributed by atoms with Crippen molar-refractivity contribution in [3.8, 4) is 0 Å². The lowest BCUT2D eigenvalue weighted by Gasteiger charge is -2.00. The summed E-state index contributed by atoms with van der Waals surface area (Å²) >= 11 is 0. The number of halogens is 2. The number of benzene rings is 1. The Morgan fingerprint density at radius 1 is 1.43 bits per heavy atom. The number of hydrogen-bond donors (Lipinski definition) is 0. The summed E-state index contributed by atoms with van der Waals surface area (Å²) < 4.78 is 45.6. The highest BCUT2D eigenvalue weighted by Crippen LogP contribution is 2.19. The van der Waals surface area contributed by atoms with Gasteiger partial charge in [-0.25, -0.2) is 12.8 Å². The molecule has 7 heteroatoms. The van der Waals surface area contributed by atoms with Crippen molar-refractivity contribution in [3.63, 3.8) is 0 Å². The first-order valence-electron chi connectivity index (χ1n) is 3.40. The molecular formula is C7H6ClFO3S2. The third-order valence-electron chi connectivity index (χ3n) is 1.49. The summed E-state index contributed by atoms with van der Waals surface area (Å²) in [6.45, 7) is 0. The molecule has 1 aromatic rings. The van der Waals surface area contributed by atoms with E-state index in [1.54, 1.807) is 0 Å². The second-order valence-electron chi connectivity index (χ2n) is 2.48. The van der Waals surface area contributed by atoms with E-state index in [9.17, 15) is 17.0 Å². The van der Waals surface area contributed by atoms with E-state index >= 15 is 0 Å². The van der Waals surface area contributed by atoms with Gasteiger partial charge in [0.25, 0.3) is 9.05 Å². The van der Waals surface area contributed by atoms with Gasteiger partial charge in [0.1, 0.15) is 5.82 Å². The quantitative estimate of drug-likeness (QED) is 0.754. The fraction of sp³-hybridized carbons (Fsp3) is 0.143. The predicted octanol–water partition coefficient (Wildman–Crippen LogP) is 1.49. The van der Waals surface area contributed by atoms with Gasteiger partial charge in [0, 0.05) is 16.9 Å². The lowest BCUT2D eigenvalue weighted by Crippen LogP contribution is -1.97. The SMILES string of the molecule is CS(=O)c1ccc(S(=O)(=O)Cl)cc1F. The summed E-state index contributed by atoms with van der Waals surface area (Å²) in [7, 11) is -0.431. The molecule has 14 heavy (non-hydrogen) atoms. The minimum atomic E-state index is -3.93. The normalized spacial score (nSPS) is 13.9. The molecule has 0 aromatic heterocycles. The largest absolute Gasteiger partial charge is 0.261 e. The van der Waals surface area contributed by atoms with Gasteiger partial charge in [0.2, 0.25) is 0 Å². The Kier molecular flexibility index (Phi) is 3.28. The maximum Gasteiger partial charge on any atom is 0.261 e. The Morgan fingerprint density at radius 2 is 2.00 bits per heavy atom. The lowest BCUT2D eigenvalue weighted by molar-refractivity contribution is 0.585. The topological polar surface area (TPSA) is 51.2 Å². The van der Waals surface area contributed by atoms with Crippen molar-refractivity contribution >= 4 is 30.5 Å². The molecule has 0 bridgehead atoms. The Bertz CT molecular complexity index is 484. The van der Waals surface area contributed by atoms with Crippen molar-refractivity contribution in [1.82, 2.24) is 0 Å². The van der Waals surface area contributed by atoms with Gasteiger partial charge in [-0.3, -0.25) is 4.21 Å². The van der Waals surface area contributed by atoms with Crippen LogP contribution >= 0.6 is 10.7 Å². The van der Waals surface area contributed by atoms with Crippen LogP contribution in [0.4, 0.5) is 4.39 Å². The van der Waals surface area contributed by atoms with Crippen molar-refractivity contribution in [2.24, 2.45) is 0 Å². The molecule has 0 saturated carbocycles. The van der Waals surface area contributed by atoms with Crippen molar-refractivity contribution in [1.29, 1.82) is 0 Å². The van der Waals surface area contributed by atoms with E-state index in [1.165, 1.54) is 6.26 Å². The van der Waals surface area contributed by atoms with E-state index in [0.717, 1.165) is 18.2 Å². The molecule has 0 spiro atoms. The van der Waals surface area contributed by atoms with Crippen LogP contribution in [-0.2, 0) is 19.9 Å². The fourth-order valence-electron chi connectivity index (χ4n) is 0.866. The van der Waals surface area contributed by atoms with Gasteiger partial charge in [0.15, 0.2) is 0 Å². The van der Waals surface area contributed by atoms with E-state index in [4.69, 9.17) is 10.7 Å². The molecule has 0 aliphatic heterocycles. The summed E-state index contributed by atoms with van der Waals surface area (Å²) in [5.74, 6) is -0.840. The Hall–Kier alpha value is -0.460. The molecule has 1 rings (SSSR count). The van der Waals surface area contributed by atoms with Crippen LogP contribution in [0.15, 0.2) is 28.0 Å². The van der Waals surface area contributed by atoms with Crippen LogP contribution in [0.5, 0.6) is 0 Å². The highest BCUT2D eigenvalue weighted by Gasteiger charge is 2.14. The predicted molar refractivity (Wildman–Crippen MR) is 51.8 cm³/mol. The Labute approximate surface area is 87.8 Å². The molecule has 1 unspecified atom stereocenters. The van der Waals surface area contributed by atoms with E-state index in [2.05, 4.69) is 0 Å². The lowest BCUT2D eigenvalue weighted by atomic mass is 10.3. The zero-order valence-electron chi connectivity index (χ0n) is 7.03. The second-order valence-corrected chi connectivity index (χ2v) is 6.40. The van der Waals surface area contributed by atoms with Crippen LogP contribution in [-0.4, -0.2) is 18.9 Å². The van der Waals surface area contributed by atoms with Gasteiger partial charge in [-0.2, -0.15) is 0 Å². The van der Waals surface area contributed by atoms with Crippen molar-refractivity contribution in [2.75, 3.05) is 6.26 Å². The highest BCUT2D eigenvalue weighted by atomic mass is 35.7. The van der Waals surface area contributed by atoms with E-state index in [1.807, 2.05) is 0 Å². The first kappa shape index (κ1) is 11.6. The third-order valence-corrected chi connectivity index (χ3v) is 3.80. The molecule has 0 radical (unpaired) electrons. The van der Waals surface area contributed by atoms with Crippen LogP contribution in [0.25, 0.3) is 0 Å². The fourth-order valence-corrected chi connectivity index (χ4v) is 2.22. The summed E-state index contributed by atoms with van der Waals surface area (Å²) in [5, 5.41) is 0. The zero-order chi connectivity index (χ0) is 10.9. The monoisotopic (exact) mass is 256 g/mol. The minimum absolute atomic E-state index is 0.0472. The number of hydrogen-bond acceptors (Lipinski definition) is 3. The molecule has 1 aromatic carbocycles. The minimum Gasteiger partial charge on any atom is -0.255 e. The van der Waals surface area contributed by atoms with Crippen LogP contribution in [0.2, 0.25) is 0 Å². The van der Waals surface area contributed by atoms with Crippen LogP contribution in [0.3, 0.4) is 0 Å². The Morgan fingerprint density at radius 3 is 2.36 bits per heavy atom. The summed E-state index contributed by atoms with van der Waals surface area (Å²) in [4.78, 5) is -0.389. The van der Waals surface area contributed by atoms with Crippen molar-refractivity contribution < 1.29 is 17.0 Å². The highest BCUT2D eigenvalue weighted by molar-refractivity contribution is 8.13. The van der Waals surface area contributed by atoms with Crippen molar-refractivity contribution in [3.05, 3.63) is 24.0 Å². The molecule has 0 aliphatic rings. The summed E-state index contributed by atoms with van der Waals surface area (Å²) in [5.41, 5.74) is 0. The van der Waals surface area contributed by atoms with Gasteiger partial charge in [0.05, 0.1) is 20.6 Å². The van der Waals surface area contributed by atoms with Gasteiger partial charge in [-0.05, 0) is 18.2 Å². The second kappa shape index (κ2) is 3.96. The molecule has 0 N–H and O–H groups in total. The zero-order valence-corrected chi connectivity index (χ0v) is 9.42. The summed E-state index contributed by atoms with van der Waals surface area (Å²) in [6.07, 6.45) is 1.30. The molecule has 0 amide bonds. The molecule has 0 heterocycles. The van der Waals surface area contributed by atoms with Gasteiger partial charge < -0.3 is 0 Å². The molecular weight excluding hydrogens is 251 g/mol. The van der Waals surface area contributed by atoms with Crippen LogP contribution in [0.1, 0.15) is 0 Å². The number of rotatable bonds is 2. The van der Waals surface area contributed by atoms with Gasteiger partial charge in [-0.15, -0.1) is 0 Å². The third kappa shape index (κ3) is 2.52. The first-order valence-corrected chi connectivity index (χ1v) is 7.27. The van der Waals surface area contributed by atoms with E-state index in [0.29, 0.717) is 0 Å². The maximum absolute atomic E-state index is 13.1. The van der Waals surface area contributed by atoms with Gasteiger partial charge in [-0.1, -0.05) is 0 Å². The molecule has 78 valence electrons. The van der Waals surface area contributed by atoms with Crippen LogP contribution in [0, 0.1) is 5.82 Å². The average molecular weight is 257 g/mol. The molecule has 0 aliphatic carbocycles. The Balaban J connectivity index is 3.34. The van der Waals surface area contributed by atoms with E-state index in [-0.39, 0.29) is 9.79 Å². The van der Waals surface area contributed by atoms with Gasteiger partial charge >= 0.3 is 0 Å². The molecule has 1 atom stereocenters. The molecule has 3 nitrogen and oxygen atoms in total.